The second-order valence-electron chi connectivity index (χ2n) is 7.19. The molecule has 3 fully saturated rings. The fourth-order valence-corrected chi connectivity index (χ4v) is 4.16. The Kier molecular flexibility index (Phi) is 4.04. The predicted octanol–water partition coefficient (Wildman–Crippen LogP) is 2.25. The number of morpholine rings is 1. The number of ether oxygens (including phenoxy) is 1. The van der Waals surface area contributed by atoms with Gasteiger partial charge >= 0.3 is 0 Å². The van der Waals surface area contributed by atoms with Crippen LogP contribution in [0.25, 0.3) is 0 Å². The second-order valence-corrected chi connectivity index (χ2v) is 7.19. The highest BCUT2D eigenvalue weighted by atomic mass is 19.2. The van der Waals surface area contributed by atoms with E-state index < -0.39 is 11.6 Å². The van der Waals surface area contributed by atoms with Crippen molar-refractivity contribution in [3.8, 4) is 0 Å². The minimum Gasteiger partial charge on any atom is -0.370 e. The summed E-state index contributed by atoms with van der Waals surface area (Å²) in [6.07, 6.45) is 2.74. The van der Waals surface area contributed by atoms with Crippen LogP contribution < -0.4 is 5.32 Å². The van der Waals surface area contributed by atoms with Crippen LogP contribution in [0.15, 0.2) is 18.2 Å². The SMILES string of the molecule is O=C(C1CC12CCNCC2)N1CCOC(c2ccc(F)c(F)c2)C1. The summed E-state index contributed by atoms with van der Waals surface area (Å²) in [4.78, 5) is 14.7. The van der Waals surface area contributed by atoms with Crippen molar-refractivity contribution in [3.63, 3.8) is 0 Å². The number of benzene rings is 1. The number of hydrogen-bond donors (Lipinski definition) is 1. The number of piperidine rings is 1. The first-order chi connectivity index (χ1) is 11.6. The van der Waals surface area contributed by atoms with E-state index in [1.165, 1.54) is 12.1 Å². The lowest BCUT2D eigenvalue weighted by Crippen LogP contribution is -2.44. The number of halogens is 2. The quantitative estimate of drug-likeness (QED) is 0.901. The molecule has 1 amide bonds. The van der Waals surface area contributed by atoms with Crippen molar-refractivity contribution < 1.29 is 18.3 Å². The smallest absolute Gasteiger partial charge is 0.226 e. The van der Waals surface area contributed by atoms with Gasteiger partial charge in [-0.1, -0.05) is 6.07 Å². The van der Waals surface area contributed by atoms with Crippen LogP contribution in [0, 0.1) is 23.0 Å². The molecule has 4 nitrogen and oxygen atoms in total. The summed E-state index contributed by atoms with van der Waals surface area (Å²) in [5, 5.41) is 3.35. The number of hydrogen-bond acceptors (Lipinski definition) is 3. The minimum absolute atomic E-state index is 0.128. The number of amides is 1. The average Bonchev–Trinajstić information content (AvgIpc) is 3.30. The fraction of sp³-hybridized carbons (Fsp3) is 0.611. The molecule has 2 aliphatic heterocycles. The maximum atomic E-state index is 13.4. The van der Waals surface area contributed by atoms with Gasteiger partial charge in [0.2, 0.25) is 5.91 Å². The molecule has 1 N–H and O–H groups in total. The monoisotopic (exact) mass is 336 g/mol. The van der Waals surface area contributed by atoms with Crippen LogP contribution in [0.5, 0.6) is 0 Å². The molecule has 2 saturated heterocycles. The summed E-state index contributed by atoms with van der Waals surface area (Å²) in [5.41, 5.74) is 0.789. The van der Waals surface area contributed by atoms with Crippen molar-refractivity contribution in [2.24, 2.45) is 11.3 Å². The number of rotatable bonds is 2. The second kappa shape index (κ2) is 6.08. The van der Waals surface area contributed by atoms with Crippen molar-refractivity contribution >= 4 is 5.91 Å². The van der Waals surface area contributed by atoms with Crippen LogP contribution in [-0.4, -0.2) is 43.6 Å². The summed E-state index contributed by atoms with van der Waals surface area (Å²) in [7, 11) is 0. The van der Waals surface area contributed by atoms with E-state index >= 15 is 0 Å². The van der Waals surface area contributed by atoms with Gasteiger partial charge in [-0.05, 0) is 55.5 Å². The molecular formula is C18H22F2N2O2. The Balaban J connectivity index is 1.43. The minimum atomic E-state index is -0.879. The summed E-state index contributed by atoms with van der Waals surface area (Å²) in [5.74, 6) is -1.42. The number of nitrogens with one attached hydrogen (secondary N) is 1. The standard InChI is InChI=1S/C18H22F2N2O2/c19-14-2-1-12(9-15(14)20)16-11-22(7-8-24-16)17(23)13-10-18(13)3-5-21-6-4-18/h1-2,9,13,16,21H,3-8,10-11H2. The van der Waals surface area contributed by atoms with Gasteiger partial charge in [-0.25, -0.2) is 8.78 Å². The molecule has 24 heavy (non-hydrogen) atoms. The summed E-state index contributed by atoms with van der Waals surface area (Å²) in [6, 6.07) is 3.81. The molecule has 130 valence electrons. The van der Waals surface area contributed by atoms with E-state index in [2.05, 4.69) is 5.32 Å². The Morgan fingerprint density at radius 1 is 1.25 bits per heavy atom. The van der Waals surface area contributed by atoms with Gasteiger partial charge in [-0.2, -0.15) is 0 Å². The van der Waals surface area contributed by atoms with Crippen molar-refractivity contribution in [1.82, 2.24) is 10.2 Å². The molecule has 3 aliphatic rings. The van der Waals surface area contributed by atoms with Crippen LogP contribution in [0.1, 0.15) is 30.9 Å². The van der Waals surface area contributed by atoms with Crippen LogP contribution >= 0.6 is 0 Å². The molecule has 1 aromatic rings. The maximum absolute atomic E-state index is 13.4. The molecule has 1 spiro atoms. The molecule has 2 unspecified atom stereocenters. The van der Waals surface area contributed by atoms with E-state index in [-0.39, 0.29) is 23.3 Å². The van der Waals surface area contributed by atoms with Gasteiger partial charge in [-0.15, -0.1) is 0 Å². The molecular weight excluding hydrogens is 314 g/mol. The highest BCUT2D eigenvalue weighted by Crippen LogP contribution is 2.59. The third-order valence-corrected chi connectivity index (χ3v) is 5.78. The van der Waals surface area contributed by atoms with Gasteiger partial charge in [0.25, 0.3) is 0 Å². The lowest BCUT2D eigenvalue weighted by molar-refractivity contribution is -0.141. The number of carbonyl (C=O) groups excluding carboxylic acids is 1. The first-order valence-corrected chi connectivity index (χ1v) is 8.65. The Morgan fingerprint density at radius 3 is 2.79 bits per heavy atom. The first kappa shape index (κ1) is 16.0. The summed E-state index contributed by atoms with van der Waals surface area (Å²) in [6.45, 7) is 3.39. The first-order valence-electron chi connectivity index (χ1n) is 8.65. The molecule has 0 aromatic heterocycles. The van der Waals surface area contributed by atoms with E-state index in [4.69, 9.17) is 4.74 Å². The van der Waals surface area contributed by atoms with Crippen LogP contribution in [0.3, 0.4) is 0 Å². The molecule has 2 atom stereocenters. The van der Waals surface area contributed by atoms with Crippen molar-refractivity contribution in [2.75, 3.05) is 32.8 Å². The highest BCUT2D eigenvalue weighted by molar-refractivity contribution is 5.83. The zero-order valence-corrected chi connectivity index (χ0v) is 13.6. The molecule has 2 heterocycles. The molecule has 0 bridgehead atoms. The van der Waals surface area contributed by atoms with E-state index in [1.807, 2.05) is 4.90 Å². The van der Waals surface area contributed by atoms with E-state index in [9.17, 15) is 13.6 Å². The van der Waals surface area contributed by atoms with Crippen molar-refractivity contribution in [3.05, 3.63) is 35.4 Å². The van der Waals surface area contributed by atoms with Crippen LogP contribution in [-0.2, 0) is 9.53 Å². The topological polar surface area (TPSA) is 41.6 Å². The molecule has 6 heteroatoms. The van der Waals surface area contributed by atoms with Crippen molar-refractivity contribution in [2.45, 2.75) is 25.4 Å². The van der Waals surface area contributed by atoms with Crippen LogP contribution in [0.4, 0.5) is 8.78 Å². The van der Waals surface area contributed by atoms with Gasteiger partial charge < -0.3 is 15.0 Å². The third kappa shape index (κ3) is 2.82. The zero-order valence-electron chi connectivity index (χ0n) is 13.6. The Bertz CT molecular complexity index is 646. The molecule has 1 aliphatic carbocycles. The van der Waals surface area contributed by atoms with Gasteiger partial charge in [0, 0.05) is 12.5 Å². The van der Waals surface area contributed by atoms with Crippen molar-refractivity contribution in [1.29, 1.82) is 0 Å². The maximum Gasteiger partial charge on any atom is 0.226 e. The molecule has 1 saturated carbocycles. The normalized spacial score (nSPS) is 28.8. The average molecular weight is 336 g/mol. The zero-order chi connectivity index (χ0) is 16.7. The van der Waals surface area contributed by atoms with Gasteiger partial charge in [0.05, 0.1) is 13.2 Å². The Morgan fingerprint density at radius 2 is 2.04 bits per heavy atom. The molecule has 1 aromatic carbocycles. The lowest BCUT2D eigenvalue weighted by Gasteiger charge is -2.34. The van der Waals surface area contributed by atoms with Gasteiger partial charge in [-0.3, -0.25) is 4.79 Å². The molecule has 4 rings (SSSR count). The largest absolute Gasteiger partial charge is 0.370 e. The summed E-state index contributed by atoms with van der Waals surface area (Å²) >= 11 is 0. The highest BCUT2D eigenvalue weighted by Gasteiger charge is 2.58. The lowest BCUT2D eigenvalue weighted by atomic mass is 9.91. The predicted molar refractivity (Wildman–Crippen MR) is 84.3 cm³/mol. The fourth-order valence-electron chi connectivity index (χ4n) is 4.16. The Labute approximate surface area is 140 Å². The summed E-state index contributed by atoms with van der Waals surface area (Å²) < 4.78 is 32.2. The number of nitrogens with zero attached hydrogens (tertiary/aromatic N) is 1. The van der Waals surface area contributed by atoms with E-state index in [0.29, 0.717) is 25.3 Å². The van der Waals surface area contributed by atoms with Gasteiger partial charge in [0.15, 0.2) is 11.6 Å². The molecule has 0 radical (unpaired) electrons. The van der Waals surface area contributed by atoms with Crippen LogP contribution in [0.2, 0.25) is 0 Å². The van der Waals surface area contributed by atoms with E-state index in [0.717, 1.165) is 38.4 Å². The van der Waals surface area contributed by atoms with Gasteiger partial charge in [0.1, 0.15) is 6.10 Å². The third-order valence-electron chi connectivity index (χ3n) is 5.78. The van der Waals surface area contributed by atoms with E-state index in [1.54, 1.807) is 0 Å². The Hall–Kier alpha value is -1.53. The number of carbonyl (C=O) groups is 1.